The molecule has 0 aliphatic rings. The summed E-state index contributed by atoms with van der Waals surface area (Å²) < 4.78 is 0. The van der Waals surface area contributed by atoms with Gasteiger partial charge in [0.05, 0.1) is 5.69 Å². The summed E-state index contributed by atoms with van der Waals surface area (Å²) in [6, 6.07) is 3.62. The quantitative estimate of drug-likeness (QED) is 0.625. The molecule has 17 heavy (non-hydrogen) atoms. The Morgan fingerprint density at radius 3 is 2.88 bits per heavy atom. The van der Waals surface area contributed by atoms with Crippen LogP contribution in [0.2, 0.25) is 0 Å². The number of nitrogens with two attached hydrogens (primary N) is 1. The van der Waals surface area contributed by atoms with Gasteiger partial charge in [-0.25, -0.2) is 4.98 Å². The van der Waals surface area contributed by atoms with Gasteiger partial charge in [-0.05, 0) is 25.0 Å². The Morgan fingerprint density at radius 2 is 2.18 bits per heavy atom. The van der Waals surface area contributed by atoms with E-state index in [9.17, 15) is 4.79 Å². The third-order valence-electron chi connectivity index (χ3n) is 2.38. The first-order valence-electron chi connectivity index (χ1n) is 5.95. The molecule has 5 nitrogen and oxygen atoms in total. The van der Waals surface area contributed by atoms with E-state index in [1.807, 2.05) is 13.0 Å². The average Bonchev–Trinajstić information content (AvgIpc) is 2.35. The lowest BCUT2D eigenvalue weighted by Crippen LogP contribution is -2.23. The number of pyridine rings is 1. The van der Waals surface area contributed by atoms with Crippen molar-refractivity contribution < 1.29 is 4.79 Å². The molecule has 0 aromatic carbocycles. The maximum atomic E-state index is 11.0. The molecule has 0 aliphatic heterocycles. The monoisotopic (exact) mass is 236 g/mol. The van der Waals surface area contributed by atoms with Gasteiger partial charge in [0.2, 0.25) is 5.91 Å². The van der Waals surface area contributed by atoms with Gasteiger partial charge in [0.15, 0.2) is 0 Å². The summed E-state index contributed by atoms with van der Waals surface area (Å²) in [6.45, 7) is 3.38. The fourth-order valence-corrected chi connectivity index (χ4v) is 1.38. The van der Waals surface area contributed by atoms with E-state index in [-0.39, 0.29) is 5.91 Å². The van der Waals surface area contributed by atoms with E-state index in [0.29, 0.717) is 12.1 Å². The summed E-state index contributed by atoms with van der Waals surface area (Å²) in [7, 11) is 0. The summed E-state index contributed by atoms with van der Waals surface area (Å²) in [4.78, 5) is 15.1. The molecule has 0 atom stereocenters. The zero-order valence-corrected chi connectivity index (χ0v) is 10.2. The fourth-order valence-electron chi connectivity index (χ4n) is 1.38. The third-order valence-corrected chi connectivity index (χ3v) is 2.38. The number of hydrogen-bond acceptors (Lipinski definition) is 4. The van der Waals surface area contributed by atoms with Crippen LogP contribution in [0.1, 0.15) is 26.2 Å². The zero-order valence-electron chi connectivity index (χ0n) is 10.2. The molecular weight excluding hydrogens is 216 g/mol. The molecular formula is C12H20N4O. The lowest BCUT2D eigenvalue weighted by Gasteiger charge is -2.07. The second kappa shape index (κ2) is 7.49. The molecule has 0 bridgehead atoms. The lowest BCUT2D eigenvalue weighted by atomic mass is 10.3. The second-order valence-corrected chi connectivity index (χ2v) is 3.78. The molecule has 1 aromatic heterocycles. The van der Waals surface area contributed by atoms with Crippen LogP contribution in [0.5, 0.6) is 0 Å². The van der Waals surface area contributed by atoms with Crippen LogP contribution in [0.3, 0.4) is 0 Å². The summed E-state index contributed by atoms with van der Waals surface area (Å²) in [5.41, 5.74) is 6.40. The average molecular weight is 236 g/mol. The van der Waals surface area contributed by atoms with Crippen LogP contribution < -0.4 is 16.4 Å². The Labute approximate surface area is 102 Å². The van der Waals surface area contributed by atoms with Crippen molar-refractivity contribution >= 4 is 17.4 Å². The standard InChI is InChI=1S/C12H20N4O/c1-2-11(17)14-7-3-4-8-15-12-10(13)6-5-9-16-12/h5-6,9H,2-4,7-8,13H2,1H3,(H,14,17)(H,15,16). The minimum atomic E-state index is 0.104. The van der Waals surface area contributed by atoms with E-state index >= 15 is 0 Å². The molecule has 1 heterocycles. The number of rotatable bonds is 7. The van der Waals surface area contributed by atoms with Gasteiger partial charge in [0.1, 0.15) is 5.82 Å². The molecule has 0 aliphatic carbocycles. The predicted octanol–water partition coefficient (Wildman–Crippen LogP) is 1.38. The summed E-state index contributed by atoms with van der Waals surface area (Å²) >= 11 is 0. The molecule has 5 heteroatoms. The van der Waals surface area contributed by atoms with Gasteiger partial charge in [-0.15, -0.1) is 0 Å². The lowest BCUT2D eigenvalue weighted by molar-refractivity contribution is -0.120. The second-order valence-electron chi connectivity index (χ2n) is 3.78. The van der Waals surface area contributed by atoms with Crippen molar-refractivity contribution in [1.29, 1.82) is 0 Å². The van der Waals surface area contributed by atoms with E-state index in [0.717, 1.165) is 31.7 Å². The molecule has 0 unspecified atom stereocenters. The van der Waals surface area contributed by atoms with Crippen molar-refractivity contribution in [3.05, 3.63) is 18.3 Å². The topological polar surface area (TPSA) is 80.0 Å². The predicted molar refractivity (Wildman–Crippen MR) is 69.7 cm³/mol. The van der Waals surface area contributed by atoms with Crippen LogP contribution in [0, 0.1) is 0 Å². The van der Waals surface area contributed by atoms with Crippen LogP contribution in [0.4, 0.5) is 11.5 Å². The highest BCUT2D eigenvalue weighted by Gasteiger charge is 1.98. The number of nitrogen functional groups attached to an aromatic ring is 1. The van der Waals surface area contributed by atoms with E-state index in [4.69, 9.17) is 5.73 Å². The van der Waals surface area contributed by atoms with Crippen molar-refractivity contribution in [1.82, 2.24) is 10.3 Å². The van der Waals surface area contributed by atoms with Crippen LogP contribution >= 0.6 is 0 Å². The highest BCUT2D eigenvalue weighted by molar-refractivity contribution is 5.75. The highest BCUT2D eigenvalue weighted by atomic mass is 16.1. The Kier molecular flexibility index (Phi) is 5.85. The van der Waals surface area contributed by atoms with Crippen molar-refractivity contribution in [3.8, 4) is 0 Å². The molecule has 1 amide bonds. The number of nitrogens with zero attached hydrogens (tertiary/aromatic N) is 1. The molecule has 1 aromatic rings. The summed E-state index contributed by atoms with van der Waals surface area (Å²) in [5.74, 6) is 0.831. The van der Waals surface area contributed by atoms with E-state index in [2.05, 4.69) is 15.6 Å². The van der Waals surface area contributed by atoms with Gasteiger partial charge >= 0.3 is 0 Å². The van der Waals surface area contributed by atoms with E-state index in [1.54, 1.807) is 12.3 Å². The normalized spacial score (nSPS) is 9.94. The number of nitrogens with one attached hydrogen (secondary N) is 2. The molecule has 4 N–H and O–H groups in total. The number of amides is 1. The van der Waals surface area contributed by atoms with Gasteiger partial charge in [-0.1, -0.05) is 6.92 Å². The molecule has 0 fully saturated rings. The summed E-state index contributed by atoms with van der Waals surface area (Å²) in [6.07, 6.45) is 4.17. The minimum Gasteiger partial charge on any atom is -0.396 e. The fraction of sp³-hybridized carbons (Fsp3) is 0.500. The molecule has 0 spiro atoms. The minimum absolute atomic E-state index is 0.104. The SMILES string of the molecule is CCC(=O)NCCCCNc1ncccc1N. The van der Waals surface area contributed by atoms with Gasteiger partial charge in [0, 0.05) is 25.7 Å². The summed E-state index contributed by atoms with van der Waals surface area (Å²) in [5, 5.41) is 6.00. The van der Waals surface area contributed by atoms with Gasteiger partial charge in [0.25, 0.3) is 0 Å². The number of carbonyl (C=O) groups is 1. The van der Waals surface area contributed by atoms with Crippen molar-refractivity contribution in [3.63, 3.8) is 0 Å². The number of carbonyl (C=O) groups excluding carboxylic acids is 1. The largest absolute Gasteiger partial charge is 0.396 e. The number of anilines is 2. The van der Waals surface area contributed by atoms with Crippen LogP contribution in [-0.4, -0.2) is 24.0 Å². The van der Waals surface area contributed by atoms with E-state index in [1.165, 1.54) is 0 Å². The Balaban J connectivity index is 2.09. The first-order valence-corrected chi connectivity index (χ1v) is 5.95. The smallest absolute Gasteiger partial charge is 0.219 e. The maximum Gasteiger partial charge on any atom is 0.219 e. The third kappa shape index (κ3) is 5.19. The van der Waals surface area contributed by atoms with Crippen molar-refractivity contribution in [2.24, 2.45) is 0 Å². The van der Waals surface area contributed by atoms with Gasteiger partial charge in [-0.3, -0.25) is 4.79 Å². The number of aromatic nitrogens is 1. The van der Waals surface area contributed by atoms with Crippen LogP contribution in [0.15, 0.2) is 18.3 Å². The number of unbranched alkanes of at least 4 members (excludes halogenated alkanes) is 1. The first kappa shape index (κ1) is 13.3. The van der Waals surface area contributed by atoms with Gasteiger partial charge in [-0.2, -0.15) is 0 Å². The Morgan fingerprint density at radius 1 is 1.41 bits per heavy atom. The van der Waals surface area contributed by atoms with Gasteiger partial charge < -0.3 is 16.4 Å². The Bertz CT molecular complexity index is 354. The molecule has 1 rings (SSSR count). The Hall–Kier alpha value is -1.78. The van der Waals surface area contributed by atoms with Crippen LogP contribution in [-0.2, 0) is 4.79 Å². The zero-order chi connectivity index (χ0) is 12.5. The van der Waals surface area contributed by atoms with Crippen LogP contribution in [0.25, 0.3) is 0 Å². The molecule has 94 valence electrons. The molecule has 0 saturated heterocycles. The van der Waals surface area contributed by atoms with Crippen molar-refractivity contribution in [2.75, 3.05) is 24.1 Å². The number of hydrogen-bond donors (Lipinski definition) is 3. The van der Waals surface area contributed by atoms with E-state index < -0.39 is 0 Å². The van der Waals surface area contributed by atoms with Crippen molar-refractivity contribution in [2.45, 2.75) is 26.2 Å². The highest BCUT2D eigenvalue weighted by Crippen LogP contribution is 2.12. The molecule has 0 radical (unpaired) electrons. The first-order chi connectivity index (χ1) is 8.24. The molecule has 0 saturated carbocycles. The maximum absolute atomic E-state index is 11.0.